The molecule has 1 unspecified atom stereocenters. The molecule has 4 nitrogen and oxygen atoms in total. The van der Waals surface area contributed by atoms with E-state index in [0.29, 0.717) is 11.6 Å². The Balaban J connectivity index is 1.92. The zero-order chi connectivity index (χ0) is 16.8. The fourth-order valence-corrected chi connectivity index (χ4v) is 2.34. The van der Waals surface area contributed by atoms with Crippen LogP contribution >= 0.6 is 23.2 Å². The SMILES string of the molecule is CC(NC(=O)c1cccc(Cl)c1Cl)C(=O)NCc1ccccc1. The Morgan fingerprint density at radius 3 is 2.43 bits per heavy atom. The normalized spacial score (nSPS) is 11.6. The fraction of sp³-hybridized carbons (Fsp3) is 0.176. The summed E-state index contributed by atoms with van der Waals surface area (Å²) in [4.78, 5) is 24.2. The Bertz CT molecular complexity index is 705. The molecule has 0 aromatic heterocycles. The predicted octanol–water partition coefficient (Wildman–Crippen LogP) is 3.43. The summed E-state index contributed by atoms with van der Waals surface area (Å²) in [5, 5.41) is 5.84. The molecule has 2 amide bonds. The zero-order valence-electron chi connectivity index (χ0n) is 12.5. The monoisotopic (exact) mass is 350 g/mol. The first-order valence-electron chi connectivity index (χ1n) is 7.05. The lowest BCUT2D eigenvalue weighted by Gasteiger charge is -2.15. The van der Waals surface area contributed by atoms with E-state index in [1.807, 2.05) is 30.3 Å². The van der Waals surface area contributed by atoms with E-state index in [1.165, 1.54) is 0 Å². The van der Waals surface area contributed by atoms with Gasteiger partial charge in [-0.1, -0.05) is 59.6 Å². The lowest BCUT2D eigenvalue weighted by molar-refractivity contribution is -0.122. The van der Waals surface area contributed by atoms with Crippen LogP contribution in [0.1, 0.15) is 22.8 Å². The first-order chi connectivity index (χ1) is 11.0. The summed E-state index contributed by atoms with van der Waals surface area (Å²) in [6, 6.07) is 13.6. The minimum Gasteiger partial charge on any atom is -0.350 e. The smallest absolute Gasteiger partial charge is 0.253 e. The molecule has 6 heteroatoms. The second-order valence-corrected chi connectivity index (χ2v) is 5.79. The van der Waals surface area contributed by atoms with Crippen LogP contribution in [0.2, 0.25) is 10.0 Å². The maximum Gasteiger partial charge on any atom is 0.253 e. The molecular weight excluding hydrogens is 335 g/mol. The Labute approximate surface area is 144 Å². The van der Waals surface area contributed by atoms with Gasteiger partial charge in [0.2, 0.25) is 5.91 Å². The first-order valence-corrected chi connectivity index (χ1v) is 7.81. The lowest BCUT2D eigenvalue weighted by atomic mass is 10.2. The van der Waals surface area contributed by atoms with Crippen LogP contribution in [0.25, 0.3) is 0 Å². The molecule has 2 N–H and O–H groups in total. The lowest BCUT2D eigenvalue weighted by Crippen LogP contribution is -2.44. The molecule has 2 aromatic rings. The molecule has 0 aliphatic carbocycles. The van der Waals surface area contributed by atoms with Crippen molar-refractivity contribution in [1.29, 1.82) is 0 Å². The molecule has 0 spiro atoms. The number of amides is 2. The highest BCUT2D eigenvalue weighted by atomic mass is 35.5. The number of carbonyl (C=O) groups is 2. The molecular formula is C17H16Cl2N2O2. The second-order valence-electron chi connectivity index (χ2n) is 5.00. The third-order valence-electron chi connectivity index (χ3n) is 3.25. The highest BCUT2D eigenvalue weighted by molar-refractivity contribution is 6.43. The Morgan fingerprint density at radius 1 is 1.04 bits per heavy atom. The van der Waals surface area contributed by atoms with Gasteiger partial charge in [0.05, 0.1) is 15.6 Å². The van der Waals surface area contributed by atoms with Crippen molar-refractivity contribution < 1.29 is 9.59 Å². The summed E-state index contributed by atoms with van der Waals surface area (Å²) in [5.74, 6) is -0.722. The van der Waals surface area contributed by atoms with E-state index in [4.69, 9.17) is 23.2 Å². The van der Waals surface area contributed by atoms with Crippen molar-refractivity contribution in [3.05, 3.63) is 69.7 Å². The third kappa shape index (κ3) is 4.71. The van der Waals surface area contributed by atoms with Crippen molar-refractivity contribution in [1.82, 2.24) is 10.6 Å². The van der Waals surface area contributed by atoms with E-state index >= 15 is 0 Å². The average Bonchev–Trinajstić information content (AvgIpc) is 2.55. The summed E-state index contributed by atoms with van der Waals surface area (Å²) >= 11 is 11.9. The van der Waals surface area contributed by atoms with Gasteiger partial charge in [0.1, 0.15) is 6.04 Å². The molecule has 2 aromatic carbocycles. The van der Waals surface area contributed by atoms with Crippen LogP contribution in [0.5, 0.6) is 0 Å². The van der Waals surface area contributed by atoms with Gasteiger partial charge in [0, 0.05) is 6.54 Å². The first kappa shape index (κ1) is 17.3. The summed E-state index contributed by atoms with van der Waals surface area (Å²) in [6.45, 7) is 2.01. The van der Waals surface area contributed by atoms with Crippen LogP contribution in [0.15, 0.2) is 48.5 Å². The Kier molecular flexibility index (Phi) is 6.02. The van der Waals surface area contributed by atoms with Crippen molar-refractivity contribution in [2.24, 2.45) is 0 Å². The number of rotatable bonds is 5. The van der Waals surface area contributed by atoms with Crippen LogP contribution in [0, 0.1) is 0 Å². The number of halogens is 2. The topological polar surface area (TPSA) is 58.2 Å². The van der Waals surface area contributed by atoms with Crippen molar-refractivity contribution in [3.63, 3.8) is 0 Å². The molecule has 1 atom stereocenters. The van der Waals surface area contributed by atoms with E-state index in [-0.39, 0.29) is 16.5 Å². The maximum atomic E-state index is 12.2. The predicted molar refractivity (Wildman–Crippen MR) is 91.7 cm³/mol. The van der Waals surface area contributed by atoms with Gasteiger partial charge < -0.3 is 10.6 Å². The fourth-order valence-electron chi connectivity index (χ4n) is 1.96. The van der Waals surface area contributed by atoms with Gasteiger partial charge in [0.25, 0.3) is 5.91 Å². The Morgan fingerprint density at radius 2 is 1.74 bits per heavy atom. The van der Waals surface area contributed by atoms with E-state index in [2.05, 4.69) is 10.6 Å². The maximum absolute atomic E-state index is 12.2. The molecule has 0 radical (unpaired) electrons. The molecule has 0 bridgehead atoms. The highest BCUT2D eigenvalue weighted by Crippen LogP contribution is 2.25. The van der Waals surface area contributed by atoms with Crippen LogP contribution in [0.4, 0.5) is 0 Å². The Hall–Kier alpha value is -2.04. The van der Waals surface area contributed by atoms with Crippen molar-refractivity contribution in [2.75, 3.05) is 0 Å². The van der Waals surface area contributed by atoms with Crippen LogP contribution in [-0.4, -0.2) is 17.9 Å². The average molecular weight is 351 g/mol. The van der Waals surface area contributed by atoms with Gasteiger partial charge in [-0.2, -0.15) is 0 Å². The van der Waals surface area contributed by atoms with Gasteiger partial charge in [0.15, 0.2) is 0 Å². The van der Waals surface area contributed by atoms with Gasteiger partial charge in [-0.3, -0.25) is 9.59 Å². The van der Waals surface area contributed by atoms with Crippen molar-refractivity contribution >= 4 is 35.0 Å². The number of hydrogen-bond donors (Lipinski definition) is 2. The molecule has 23 heavy (non-hydrogen) atoms. The number of nitrogens with one attached hydrogen (secondary N) is 2. The van der Waals surface area contributed by atoms with Gasteiger partial charge in [-0.25, -0.2) is 0 Å². The molecule has 0 aliphatic rings. The van der Waals surface area contributed by atoms with Gasteiger partial charge >= 0.3 is 0 Å². The van der Waals surface area contributed by atoms with E-state index in [0.717, 1.165) is 5.56 Å². The molecule has 0 aliphatic heterocycles. The summed E-state index contributed by atoms with van der Waals surface area (Å²) < 4.78 is 0. The summed E-state index contributed by atoms with van der Waals surface area (Å²) in [6.07, 6.45) is 0. The second kappa shape index (κ2) is 7.99. The summed E-state index contributed by atoms with van der Waals surface area (Å²) in [5.41, 5.74) is 1.22. The number of hydrogen-bond acceptors (Lipinski definition) is 2. The molecule has 0 saturated heterocycles. The van der Waals surface area contributed by atoms with E-state index in [9.17, 15) is 9.59 Å². The van der Waals surface area contributed by atoms with Gasteiger partial charge in [-0.15, -0.1) is 0 Å². The minimum absolute atomic E-state index is 0.170. The van der Waals surface area contributed by atoms with E-state index < -0.39 is 11.9 Å². The van der Waals surface area contributed by atoms with Crippen molar-refractivity contribution in [2.45, 2.75) is 19.5 Å². The van der Waals surface area contributed by atoms with Crippen LogP contribution in [0.3, 0.4) is 0 Å². The van der Waals surface area contributed by atoms with Crippen molar-refractivity contribution in [3.8, 4) is 0 Å². The minimum atomic E-state index is -0.693. The van der Waals surface area contributed by atoms with E-state index in [1.54, 1.807) is 25.1 Å². The quantitative estimate of drug-likeness (QED) is 0.867. The third-order valence-corrected chi connectivity index (χ3v) is 4.07. The number of carbonyl (C=O) groups excluding carboxylic acids is 2. The number of benzene rings is 2. The highest BCUT2D eigenvalue weighted by Gasteiger charge is 2.18. The molecule has 0 saturated carbocycles. The van der Waals surface area contributed by atoms with Crippen LogP contribution in [-0.2, 0) is 11.3 Å². The molecule has 0 heterocycles. The molecule has 2 rings (SSSR count). The van der Waals surface area contributed by atoms with Crippen LogP contribution < -0.4 is 10.6 Å². The van der Waals surface area contributed by atoms with Gasteiger partial charge in [-0.05, 0) is 24.6 Å². The zero-order valence-corrected chi connectivity index (χ0v) is 14.0. The molecule has 120 valence electrons. The standard InChI is InChI=1S/C17H16Cl2N2O2/c1-11(16(22)20-10-12-6-3-2-4-7-12)21-17(23)13-8-5-9-14(18)15(13)19/h2-9,11H,10H2,1H3,(H,20,22)(H,21,23). The summed E-state index contributed by atoms with van der Waals surface area (Å²) in [7, 11) is 0. The largest absolute Gasteiger partial charge is 0.350 e. The molecule has 0 fully saturated rings.